The monoisotopic (exact) mass is 271 g/mol. The lowest BCUT2D eigenvalue weighted by Gasteiger charge is -2.28. The van der Waals surface area contributed by atoms with E-state index in [-0.39, 0.29) is 31.4 Å². The predicted molar refractivity (Wildman–Crippen MR) is 68.7 cm³/mol. The smallest absolute Gasteiger partial charge is 0.320 e. The molecule has 0 aliphatic carbocycles. The van der Waals surface area contributed by atoms with Crippen LogP contribution in [0.15, 0.2) is 0 Å². The second kappa shape index (κ2) is 6.96. The van der Waals surface area contributed by atoms with E-state index in [2.05, 4.69) is 0 Å². The SMILES string of the molecule is CCN(CCC(=O)O)C(=O)N1CCCN(C)C(=O)C1. The molecule has 0 aromatic carbocycles. The van der Waals surface area contributed by atoms with E-state index in [1.807, 2.05) is 0 Å². The van der Waals surface area contributed by atoms with Crippen molar-refractivity contribution in [3.05, 3.63) is 0 Å². The number of carboxylic acid groups (broad SMARTS) is 1. The highest BCUT2D eigenvalue weighted by Crippen LogP contribution is 2.07. The third-order valence-electron chi connectivity index (χ3n) is 3.19. The highest BCUT2D eigenvalue weighted by Gasteiger charge is 2.25. The van der Waals surface area contributed by atoms with Crippen molar-refractivity contribution in [2.45, 2.75) is 19.8 Å². The Bertz CT molecular complexity index is 359. The van der Waals surface area contributed by atoms with Crippen molar-refractivity contribution < 1.29 is 19.5 Å². The number of hydrogen-bond acceptors (Lipinski definition) is 3. The summed E-state index contributed by atoms with van der Waals surface area (Å²) in [6, 6.07) is -0.257. The van der Waals surface area contributed by atoms with Crippen molar-refractivity contribution in [2.24, 2.45) is 0 Å². The molecule has 0 bridgehead atoms. The minimum atomic E-state index is -0.932. The maximum atomic E-state index is 12.2. The average Bonchev–Trinajstić information content (AvgIpc) is 2.52. The molecule has 1 aliphatic rings. The number of amides is 3. The highest BCUT2D eigenvalue weighted by molar-refractivity contribution is 5.84. The van der Waals surface area contributed by atoms with Crippen molar-refractivity contribution in [3.63, 3.8) is 0 Å². The molecule has 1 aliphatic heterocycles. The minimum absolute atomic E-state index is 0.0684. The second-order valence-electron chi connectivity index (χ2n) is 4.60. The number of carbonyl (C=O) groups is 3. The first kappa shape index (κ1) is 15.3. The molecule has 0 saturated carbocycles. The summed E-state index contributed by atoms with van der Waals surface area (Å²) >= 11 is 0. The number of nitrogens with zero attached hydrogens (tertiary/aromatic N) is 3. The topological polar surface area (TPSA) is 81.2 Å². The molecule has 0 radical (unpaired) electrons. The Morgan fingerprint density at radius 1 is 1.37 bits per heavy atom. The van der Waals surface area contributed by atoms with Crippen molar-refractivity contribution in [3.8, 4) is 0 Å². The Kier molecular flexibility index (Phi) is 5.59. The lowest BCUT2D eigenvalue weighted by molar-refractivity contribution is -0.137. The highest BCUT2D eigenvalue weighted by atomic mass is 16.4. The molecular weight excluding hydrogens is 250 g/mol. The normalized spacial score (nSPS) is 16.2. The maximum Gasteiger partial charge on any atom is 0.320 e. The van der Waals surface area contributed by atoms with Gasteiger partial charge in [-0.05, 0) is 13.3 Å². The van der Waals surface area contributed by atoms with Crippen LogP contribution in [-0.2, 0) is 9.59 Å². The Hall–Kier alpha value is -1.79. The van der Waals surface area contributed by atoms with Crippen molar-refractivity contribution in [2.75, 3.05) is 39.8 Å². The molecule has 7 nitrogen and oxygen atoms in total. The van der Waals surface area contributed by atoms with E-state index in [1.165, 1.54) is 9.80 Å². The zero-order chi connectivity index (χ0) is 14.4. The van der Waals surface area contributed by atoms with Crippen LogP contribution in [0.4, 0.5) is 4.79 Å². The Morgan fingerprint density at radius 3 is 2.63 bits per heavy atom. The summed E-state index contributed by atoms with van der Waals surface area (Å²) in [5, 5.41) is 8.66. The predicted octanol–water partition coefficient (Wildman–Crippen LogP) is 0.0671. The second-order valence-corrected chi connectivity index (χ2v) is 4.60. The third-order valence-corrected chi connectivity index (χ3v) is 3.19. The fourth-order valence-electron chi connectivity index (χ4n) is 1.97. The standard InChI is InChI=1S/C12H21N3O4/c1-3-14(8-5-11(17)18)12(19)15-7-4-6-13(2)10(16)9-15/h3-9H2,1-2H3,(H,17,18). The van der Waals surface area contributed by atoms with Gasteiger partial charge in [-0.1, -0.05) is 0 Å². The third kappa shape index (κ3) is 4.42. The van der Waals surface area contributed by atoms with Crippen LogP contribution < -0.4 is 0 Å². The van der Waals surface area contributed by atoms with Crippen molar-refractivity contribution in [1.29, 1.82) is 0 Å². The number of carboxylic acids is 1. The quantitative estimate of drug-likeness (QED) is 0.784. The molecule has 0 atom stereocenters. The first-order chi connectivity index (χ1) is 8.95. The molecule has 1 N–H and O–H groups in total. The van der Waals surface area contributed by atoms with Gasteiger partial charge in [0.05, 0.1) is 6.42 Å². The lowest BCUT2D eigenvalue weighted by Crippen LogP contribution is -2.46. The summed E-state index contributed by atoms with van der Waals surface area (Å²) in [6.45, 7) is 3.64. The van der Waals surface area contributed by atoms with Crippen LogP contribution in [0.3, 0.4) is 0 Å². The number of urea groups is 1. The average molecular weight is 271 g/mol. The largest absolute Gasteiger partial charge is 0.481 e. The van der Waals surface area contributed by atoms with Crippen LogP contribution in [0.25, 0.3) is 0 Å². The molecule has 0 aromatic rings. The van der Waals surface area contributed by atoms with Gasteiger partial charge in [0.25, 0.3) is 0 Å². The van der Waals surface area contributed by atoms with Crippen LogP contribution in [0, 0.1) is 0 Å². The summed E-state index contributed by atoms with van der Waals surface area (Å²) in [5.74, 6) is -1.02. The first-order valence-electron chi connectivity index (χ1n) is 6.45. The minimum Gasteiger partial charge on any atom is -0.481 e. The van der Waals surface area contributed by atoms with E-state index >= 15 is 0 Å². The van der Waals surface area contributed by atoms with Gasteiger partial charge >= 0.3 is 12.0 Å². The number of aliphatic carboxylic acids is 1. The van der Waals surface area contributed by atoms with E-state index in [4.69, 9.17) is 5.11 Å². The number of likely N-dealkylation sites (N-methyl/N-ethyl adjacent to an activating group) is 1. The fourth-order valence-corrected chi connectivity index (χ4v) is 1.97. The zero-order valence-electron chi connectivity index (χ0n) is 11.5. The molecule has 19 heavy (non-hydrogen) atoms. The zero-order valence-corrected chi connectivity index (χ0v) is 11.5. The summed E-state index contributed by atoms with van der Waals surface area (Å²) in [5.41, 5.74) is 0. The van der Waals surface area contributed by atoms with E-state index < -0.39 is 5.97 Å². The van der Waals surface area contributed by atoms with Gasteiger partial charge in [0.15, 0.2) is 0 Å². The van der Waals surface area contributed by atoms with Gasteiger partial charge in [0.2, 0.25) is 5.91 Å². The summed E-state index contributed by atoms with van der Waals surface area (Å²) in [4.78, 5) is 39.1. The van der Waals surface area contributed by atoms with E-state index in [1.54, 1.807) is 18.9 Å². The molecule has 1 fully saturated rings. The summed E-state index contributed by atoms with van der Waals surface area (Å²) in [6.07, 6.45) is 0.658. The molecule has 0 aromatic heterocycles. The molecule has 0 unspecified atom stereocenters. The van der Waals surface area contributed by atoms with Crippen molar-refractivity contribution >= 4 is 17.9 Å². The number of carbonyl (C=O) groups excluding carboxylic acids is 2. The fraction of sp³-hybridized carbons (Fsp3) is 0.750. The Labute approximate surface area is 112 Å². The van der Waals surface area contributed by atoms with Crippen LogP contribution in [0.1, 0.15) is 19.8 Å². The first-order valence-corrected chi connectivity index (χ1v) is 6.45. The van der Waals surface area contributed by atoms with E-state index in [9.17, 15) is 14.4 Å². The van der Waals surface area contributed by atoms with Crippen LogP contribution in [-0.4, -0.2) is 77.5 Å². The number of hydrogen-bond donors (Lipinski definition) is 1. The lowest BCUT2D eigenvalue weighted by atomic mass is 10.3. The van der Waals surface area contributed by atoms with Gasteiger partial charge in [-0.25, -0.2) is 4.79 Å². The molecule has 108 valence electrons. The van der Waals surface area contributed by atoms with Gasteiger partial charge in [-0.3, -0.25) is 9.59 Å². The Morgan fingerprint density at radius 2 is 2.05 bits per heavy atom. The molecule has 7 heteroatoms. The van der Waals surface area contributed by atoms with Crippen LogP contribution >= 0.6 is 0 Å². The molecule has 0 spiro atoms. The molecule has 1 heterocycles. The van der Waals surface area contributed by atoms with Gasteiger partial charge in [-0.15, -0.1) is 0 Å². The summed E-state index contributed by atoms with van der Waals surface area (Å²) in [7, 11) is 1.72. The summed E-state index contributed by atoms with van der Waals surface area (Å²) < 4.78 is 0. The number of rotatable bonds is 4. The van der Waals surface area contributed by atoms with Crippen LogP contribution in [0.5, 0.6) is 0 Å². The van der Waals surface area contributed by atoms with E-state index in [0.717, 1.165) is 6.42 Å². The molecule has 3 amide bonds. The van der Waals surface area contributed by atoms with Gasteiger partial charge in [-0.2, -0.15) is 0 Å². The van der Waals surface area contributed by atoms with Crippen LogP contribution in [0.2, 0.25) is 0 Å². The Balaban J connectivity index is 2.62. The maximum absolute atomic E-state index is 12.2. The van der Waals surface area contributed by atoms with E-state index in [0.29, 0.717) is 19.6 Å². The van der Waals surface area contributed by atoms with Crippen molar-refractivity contribution in [1.82, 2.24) is 14.7 Å². The van der Waals surface area contributed by atoms with Gasteiger partial charge in [0.1, 0.15) is 6.54 Å². The molecule has 1 saturated heterocycles. The molecule has 1 rings (SSSR count). The van der Waals surface area contributed by atoms with Gasteiger partial charge < -0.3 is 19.8 Å². The molecular formula is C12H21N3O4. The van der Waals surface area contributed by atoms with Gasteiger partial charge in [0, 0.05) is 33.2 Å².